The van der Waals surface area contributed by atoms with E-state index >= 15 is 0 Å². The van der Waals surface area contributed by atoms with Gasteiger partial charge in [-0.2, -0.15) is 0 Å². The van der Waals surface area contributed by atoms with Crippen molar-refractivity contribution in [2.24, 2.45) is 0 Å². The van der Waals surface area contributed by atoms with E-state index in [1.54, 1.807) is 6.92 Å². The van der Waals surface area contributed by atoms with Gasteiger partial charge < -0.3 is 9.84 Å². The highest BCUT2D eigenvalue weighted by Crippen LogP contribution is 2.19. The number of ether oxygens (including phenoxy) is 1. The van der Waals surface area contributed by atoms with Gasteiger partial charge >= 0.3 is 0 Å². The molecule has 3 atom stereocenters. The van der Waals surface area contributed by atoms with Gasteiger partial charge in [-0.05, 0) is 32.8 Å². The van der Waals surface area contributed by atoms with Crippen LogP contribution in [0, 0.1) is 0 Å². The fraction of sp³-hybridized carbons (Fsp3) is 0.538. The molecule has 2 nitrogen and oxygen atoms in total. The number of aliphatic hydroxyl groups excluding tert-OH is 1. The van der Waals surface area contributed by atoms with E-state index in [0.717, 1.165) is 0 Å². The molecule has 2 heteroatoms. The van der Waals surface area contributed by atoms with Gasteiger partial charge in [-0.1, -0.05) is 30.3 Å². The number of hydrogen-bond donors (Lipinski definition) is 1. The van der Waals surface area contributed by atoms with Gasteiger partial charge in [0.15, 0.2) is 0 Å². The largest absolute Gasteiger partial charge is 0.393 e. The molecule has 0 aliphatic rings. The van der Waals surface area contributed by atoms with Crippen LogP contribution in [0.2, 0.25) is 0 Å². The molecule has 84 valence electrons. The molecule has 0 saturated carbocycles. The lowest BCUT2D eigenvalue weighted by atomic mass is 10.1. The Morgan fingerprint density at radius 3 is 2.27 bits per heavy atom. The van der Waals surface area contributed by atoms with Crippen LogP contribution in [-0.4, -0.2) is 17.3 Å². The zero-order chi connectivity index (χ0) is 11.3. The molecule has 0 saturated heterocycles. The molecule has 0 fully saturated rings. The molecule has 1 rings (SSSR count). The van der Waals surface area contributed by atoms with Gasteiger partial charge in [0.25, 0.3) is 0 Å². The van der Waals surface area contributed by atoms with Gasteiger partial charge in [0.05, 0.1) is 18.3 Å². The second-order valence-electron chi connectivity index (χ2n) is 4.08. The third-order valence-electron chi connectivity index (χ3n) is 2.38. The van der Waals surface area contributed by atoms with E-state index < -0.39 is 0 Å². The van der Waals surface area contributed by atoms with E-state index in [4.69, 9.17) is 4.74 Å². The molecular weight excluding hydrogens is 188 g/mol. The third kappa shape index (κ3) is 4.45. The maximum Gasteiger partial charge on any atom is 0.0800 e. The lowest BCUT2D eigenvalue weighted by Crippen LogP contribution is -2.17. The summed E-state index contributed by atoms with van der Waals surface area (Å²) in [4.78, 5) is 0. The summed E-state index contributed by atoms with van der Waals surface area (Å²) in [6.07, 6.45) is 0.542. The molecule has 0 radical (unpaired) electrons. The van der Waals surface area contributed by atoms with Gasteiger partial charge in [0, 0.05) is 0 Å². The first-order chi connectivity index (χ1) is 7.09. The van der Waals surface area contributed by atoms with E-state index in [-0.39, 0.29) is 18.3 Å². The van der Waals surface area contributed by atoms with E-state index in [9.17, 15) is 5.11 Å². The topological polar surface area (TPSA) is 29.5 Å². The minimum absolute atomic E-state index is 0.0833. The normalized spacial score (nSPS) is 17.1. The average molecular weight is 208 g/mol. The van der Waals surface area contributed by atoms with Crippen LogP contribution in [0.5, 0.6) is 0 Å². The van der Waals surface area contributed by atoms with Crippen LogP contribution in [0.25, 0.3) is 0 Å². The molecule has 15 heavy (non-hydrogen) atoms. The molecule has 0 bridgehead atoms. The Balaban J connectivity index is 2.45. The molecule has 1 aromatic carbocycles. The Hall–Kier alpha value is -0.860. The van der Waals surface area contributed by atoms with Crippen LogP contribution in [0.15, 0.2) is 30.3 Å². The predicted octanol–water partition coefficient (Wildman–Crippen LogP) is 2.92. The molecule has 0 spiro atoms. The van der Waals surface area contributed by atoms with Gasteiger partial charge in [0.1, 0.15) is 0 Å². The average Bonchev–Trinajstić information content (AvgIpc) is 2.17. The minimum atomic E-state index is -0.303. The molecule has 0 aromatic heterocycles. The fourth-order valence-electron chi connectivity index (χ4n) is 1.69. The second-order valence-corrected chi connectivity index (χ2v) is 4.08. The van der Waals surface area contributed by atoms with Crippen molar-refractivity contribution in [3.63, 3.8) is 0 Å². The number of benzene rings is 1. The van der Waals surface area contributed by atoms with Gasteiger partial charge in [-0.3, -0.25) is 0 Å². The maximum atomic E-state index is 9.23. The second kappa shape index (κ2) is 5.89. The summed E-state index contributed by atoms with van der Waals surface area (Å²) in [5.74, 6) is 0. The van der Waals surface area contributed by atoms with E-state index in [1.165, 1.54) is 5.56 Å². The van der Waals surface area contributed by atoms with Crippen LogP contribution < -0.4 is 0 Å². The molecule has 0 heterocycles. The first-order valence-electron chi connectivity index (χ1n) is 5.48. The Morgan fingerprint density at radius 1 is 1.13 bits per heavy atom. The van der Waals surface area contributed by atoms with Crippen molar-refractivity contribution in [1.29, 1.82) is 0 Å². The summed E-state index contributed by atoms with van der Waals surface area (Å²) in [5, 5.41) is 9.23. The Kier molecular flexibility index (Phi) is 4.79. The monoisotopic (exact) mass is 208 g/mol. The van der Waals surface area contributed by atoms with Crippen molar-refractivity contribution >= 4 is 0 Å². The van der Waals surface area contributed by atoms with Crippen LogP contribution in [0.3, 0.4) is 0 Å². The fourth-order valence-corrected chi connectivity index (χ4v) is 1.69. The van der Waals surface area contributed by atoms with Crippen LogP contribution in [0.1, 0.15) is 38.9 Å². The van der Waals surface area contributed by atoms with Gasteiger partial charge in [-0.25, -0.2) is 0 Å². The van der Waals surface area contributed by atoms with Crippen molar-refractivity contribution in [3.05, 3.63) is 35.9 Å². The van der Waals surface area contributed by atoms with Crippen molar-refractivity contribution in [3.8, 4) is 0 Å². The first-order valence-corrected chi connectivity index (χ1v) is 5.48. The molecule has 0 amide bonds. The molecule has 0 unspecified atom stereocenters. The lowest BCUT2D eigenvalue weighted by Gasteiger charge is -2.20. The maximum absolute atomic E-state index is 9.23. The Labute approximate surface area is 91.9 Å². The van der Waals surface area contributed by atoms with Crippen molar-refractivity contribution in [2.45, 2.75) is 45.5 Å². The lowest BCUT2D eigenvalue weighted by molar-refractivity contribution is -0.0167. The number of aliphatic hydroxyl groups is 1. The summed E-state index contributed by atoms with van der Waals surface area (Å²) in [6, 6.07) is 10.1. The van der Waals surface area contributed by atoms with Crippen LogP contribution in [0.4, 0.5) is 0 Å². The standard InChI is InChI=1S/C13H20O2/c1-10(14)9-11(2)15-12(3)13-7-5-4-6-8-13/h4-8,10-12,14H,9H2,1-3H3/t10-,11-,12+/m1/s1. The molecular formula is C13H20O2. The van der Waals surface area contributed by atoms with E-state index in [0.29, 0.717) is 6.42 Å². The van der Waals surface area contributed by atoms with Gasteiger partial charge in [-0.15, -0.1) is 0 Å². The molecule has 0 aliphatic heterocycles. The summed E-state index contributed by atoms with van der Waals surface area (Å²) >= 11 is 0. The highest BCUT2D eigenvalue weighted by Gasteiger charge is 2.11. The van der Waals surface area contributed by atoms with E-state index in [2.05, 4.69) is 12.1 Å². The molecule has 0 aliphatic carbocycles. The highest BCUT2D eigenvalue weighted by molar-refractivity contribution is 5.16. The number of hydrogen-bond acceptors (Lipinski definition) is 2. The summed E-state index contributed by atoms with van der Waals surface area (Å²) in [5.41, 5.74) is 1.18. The summed E-state index contributed by atoms with van der Waals surface area (Å²) < 4.78 is 5.79. The quantitative estimate of drug-likeness (QED) is 0.806. The zero-order valence-electron chi connectivity index (χ0n) is 9.68. The number of rotatable bonds is 5. The smallest absolute Gasteiger partial charge is 0.0800 e. The zero-order valence-corrected chi connectivity index (χ0v) is 9.68. The van der Waals surface area contributed by atoms with E-state index in [1.807, 2.05) is 32.0 Å². The van der Waals surface area contributed by atoms with Crippen molar-refractivity contribution in [1.82, 2.24) is 0 Å². The SMILES string of the molecule is C[C@H](C[C@@H](C)O)O[C@@H](C)c1ccccc1. The molecule has 1 aromatic rings. The molecule has 1 N–H and O–H groups in total. The van der Waals surface area contributed by atoms with Crippen molar-refractivity contribution < 1.29 is 9.84 Å². The first kappa shape index (κ1) is 12.2. The van der Waals surface area contributed by atoms with Crippen molar-refractivity contribution in [2.75, 3.05) is 0 Å². The summed E-state index contributed by atoms with van der Waals surface area (Å²) in [7, 11) is 0. The van der Waals surface area contributed by atoms with Gasteiger partial charge in [0.2, 0.25) is 0 Å². The van der Waals surface area contributed by atoms with Crippen LogP contribution >= 0.6 is 0 Å². The van der Waals surface area contributed by atoms with Crippen LogP contribution in [-0.2, 0) is 4.74 Å². The predicted molar refractivity (Wildman–Crippen MR) is 61.7 cm³/mol. The Bertz CT molecular complexity index is 269. The highest BCUT2D eigenvalue weighted by atomic mass is 16.5. The Morgan fingerprint density at radius 2 is 1.73 bits per heavy atom. The third-order valence-corrected chi connectivity index (χ3v) is 2.38. The minimum Gasteiger partial charge on any atom is -0.393 e. The summed E-state index contributed by atoms with van der Waals surface area (Å²) in [6.45, 7) is 5.81.